The highest BCUT2D eigenvalue weighted by Crippen LogP contribution is 2.38. The zero-order valence-electron chi connectivity index (χ0n) is 11.3. The van der Waals surface area contributed by atoms with E-state index in [9.17, 15) is 4.79 Å². The summed E-state index contributed by atoms with van der Waals surface area (Å²) in [5.74, 6) is 0.269. The first kappa shape index (κ1) is 13.4. The van der Waals surface area contributed by atoms with E-state index in [2.05, 4.69) is 45.5 Å². The molecule has 0 fully saturated rings. The Morgan fingerprint density at radius 2 is 1.90 bits per heavy atom. The molecule has 0 spiro atoms. The van der Waals surface area contributed by atoms with Gasteiger partial charge in [0.25, 0.3) is 0 Å². The molecule has 1 heterocycles. The Labute approximate surface area is 127 Å². The number of alkyl halides is 1. The van der Waals surface area contributed by atoms with Crippen molar-refractivity contribution in [1.82, 2.24) is 0 Å². The molecule has 1 N–H and O–H groups in total. The fourth-order valence-electron chi connectivity index (χ4n) is 2.74. The number of nitrogens with one attached hydrogen (secondary N) is 1. The van der Waals surface area contributed by atoms with Crippen molar-refractivity contribution < 1.29 is 4.79 Å². The molecular formula is C17H16BrNO. The number of anilines is 1. The summed E-state index contributed by atoms with van der Waals surface area (Å²) >= 11 is 3.51. The van der Waals surface area contributed by atoms with Gasteiger partial charge in [-0.05, 0) is 36.1 Å². The fraction of sp³-hybridized carbons (Fsp3) is 0.235. The third-order valence-corrected chi connectivity index (χ3v) is 4.56. The maximum atomic E-state index is 12.1. The maximum absolute atomic E-state index is 12.1. The normalized spacial score (nSPS) is 21.8. The minimum atomic E-state index is -0.166. The lowest BCUT2D eigenvalue weighted by Crippen LogP contribution is -2.21. The summed E-state index contributed by atoms with van der Waals surface area (Å²) in [6, 6.07) is 16.7. The van der Waals surface area contributed by atoms with Crippen LogP contribution in [-0.4, -0.2) is 10.7 Å². The molecule has 0 saturated heterocycles. The summed E-state index contributed by atoms with van der Waals surface area (Å²) in [5, 5.41) is 3.03. The van der Waals surface area contributed by atoms with Crippen molar-refractivity contribution in [1.29, 1.82) is 0 Å². The molecule has 1 aliphatic heterocycles. The van der Waals surface area contributed by atoms with Crippen LogP contribution in [0, 0.1) is 6.92 Å². The lowest BCUT2D eigenvalue weighted by molar-refractivity contribution is -0.115. The third kappa shape index (κ3) is 2.50. The van der Waals surface area contributed by atoms with Crippen molar-refractivity contribution in [2.45, 2.75) is 24.1 Å². The summed E-state index contributed by atoms with van der Waals surface area (Å²) in [7, 11) is 0. The molecule has 2 aromatic carbocycles. The Bertz CT molecular complexity index is 639. The Morgan fingerprint density at radius 1 is 1.15 bits per heavy atom. The molecule has 0 aromatic heterocycles. The highest BCUT2D eigenvalue weighted by atomic mass is 79.9. The SMILES string of the molecule is Cc1ccc2c(c1)NC(=O)[C@H](Br)C[C@@H]2c1ccccc1. The average Bonchev–Trinajstić information content (AvgIpc) is 2.57. The Kier molecular flexibility index (Phi) is 3.62. The first-order chi connectivity index (χ1) is 9.65. The van der Waals surface area contributed by atoms with Crippen LogP contribution < -0.4 is 5.32 Å². The predicted octanol–water partition coefficient (Wildman–Crippen LogP) is 4.23. The molecule has 0 aliphatic carbocycles. The van der Waals surface area contributed by atoms with Crippen LogP contribution in [0.4, 0.5) is 5.69 Å². The van der Waals surface area contributed by atoms with Crippen LogP contribution in [0.15, 0.2) is 48.5 Å². The number of amides is 1. The zero-order chi connectivity index (χ0) is 14.1. The summed E-state index contributed by atoms with van der Waals surface area (Å²) in [4.78, 5) is 11.9. The number of carbonyl (C=O) groups is 1. The minimum Gasteiger partial charge on any atom is -0.325 e. The van der Waals surface area contributed by atoms with Crippen LogP contribution >= 0.6 is 15.9 Å². The topological polar surface area (TPSA) is 29.1 Å². The van der Waals surface area contributed by atoms with Gasteiger partial charge >= 0.3 is 0 Å². The van der Waals surface area contributed by atoms with Gasteiger partial charge in [0.05, 0.1) is 4.83 Å². The lowest BCUT2D eigenvalue weighted by Gasteiger charge is -2.18. The Hall–Kier alpha value is -1.61. The molecule has 0 unspecified atom stereocenters. The number of hydrogen-bond acceptors (Lipinski definition) is 1. The van der Waals surface area contributed by atoms with Gasteiger partial charge in [0.15, 0.2) is 0 Å². The monoisotopic (exact) mass is 329 g/mol. The number of aryl methyl sites for hydroxylation is 1. The molecule has 0 bridgehead atoms. The van der Waals surface area contributed by atoms with Gasteiger partial charge in [0.2, 0.25) is 5.91 Å². The highest BCUT2D eigenvalue weighted by Gasteiger charge is 2.29. The van der Waals surface area contributed by atoms with Gasteiger partial charge in [0, 0.05) is 11.6 Å². The van der Waals surface area contributed by atoms with Gasteiger partial charge in [0.1, 0.15) is 0 Å². The standard InChI is InChI=1S/C17H16BrNO/c1-11-7-8-13-14(12-5-3-2-4-6-12)10-15(18)17(20)19-16(13)9-11/h2-9,14-15H,10H2,1H3,(H,19,20)/t14-,15-/m1/s1. The van der Waals surface area contributed by atoms with Crippen molar-refractivity contribution in [2.24, 2.45) is 0 Å². The number of benzene rings is 2. The third-order valence-electron chi connectivity index (χ3n) is 3.77. The van der Waals surface area contributed by atoms with Crippen LogP contribution in [0.5, 0.6) is 0 Å². The summed E-state index contributed by atoms with van der Waals surface area (Å²) < 4.78 is 0. The second kappa shape index (κ2) is 5.41. The van der Waals surface area contributed by atoms with Gasteiger partial charge in [-0.15, -0.1) is 0 Å². The molecule has 2 aromatic rings. The Morgan fingerprint density at radius 3 is 2.65 bits per heavy atom. The van der Waals surface area contributed by atoms with E-state index < -0.39 is 0 Å². The maximum Gasteiger partial charge on any atom is 0.238 e. The van der Waals surface area contributed by atoms with E-state index in [4.69, 9.17) is 0 Å². The molecule has 3 rings (SSSR count). The van der Waals surface area contributed by atoms with Crippen molar-refractivity contribution in [2.75, 3.05) is 5.32 Å². The molecular weight excluding hydrogens is 314 g/mol. The van der Waals surface area contributed by atoms with Gasteiger partial charge < -0.3 is 5.32 Å². The molecule has 3 heteroatoms. The number of hydrogen-bond donors (Lipinski definition) is 1. The van der Waals surface area contributed by atoms with Gasteiger partial charge in [-0.2, -0.15) is 0 Å². The van der Waals surface area contributed by atoms with Crippen LogP contribution in [0.3, 0.4) is 0 Å². The second-order valence-electron chi connectivity index (χ2n) is 5.25. The van der Waals surface area contributed by atoms with Crippen LogP contribution in [0.1, 0.15) is 29.0 Å². The van der Waals surface area contributed by atoms with Crippen LogP contribution in [-0.2, 0) is 4.79 Å². The number of halogens is 1. The largest absolute Gasteiger partial charge is 0.325 e. The summed E-state index contributed by atoms with van der Waals surface area (Å²) in [6.45, 7) is 2.04. The van der Waals surface area contributed by atoms with E-state index in [0.29, 0.717) is 0 Å². The predicted molar refractivity (Wildman–Crippen MR) is 85.4 cm³/mol. The van der Waals surface area contributed by atoms with Crippen LogP contribution in [0.2, 0.25) is 0 Å². The molecule has 0 saturated carbocycles. The lowest BCUT2D eigenvalue weighted by atomic mass is 9.87. The van der Waals surface area contributed by atoms with Gasteiger partial charge in [-0.3, -0.25) is 4.79 Å². The molecule has 0 radical (unpaired) electrons. The van der Waals surface area contributed by atoms with Gasteiger partial charge in [-0.1, -0.05) is 58.4 Å². The van der Waals surface area contributed by atoms with Gasteiger partial charge in [-0.25, -0.2) is 0 Å². The van der Waals surface area contributed by atoms with E-state index in [1.54, 1.807) is 0 Å². The average molecular weight is 330 g/mol. The van der Waals surface area contributed by atoms with E-state index in [-0.39, 0.29) is 16.7 Å². The van der Waals surface area contributed by atoms with Crippen molar-refractivity contribution >= 4 is 27.5 Å². The molecule has 1 aliphatic rings. The van der Waals surface area contributed by atoms with Crippen molar-refractivity contribution in [3.05, 3.63) is 65.2 Å². The number of rotatable bonds is 1. The Balaban J connectivity index is 2.12. The van der Waals surface area contributed by atoms with E-state index >= 15 is 0 Å². The molecule has 1 amide bonds. The number of carbonyl (C=O) groups excluding carboxylic acids is 1. The first-order valence-corrected chi connectivity index (χ1v) is 7.67. The van der Waals surface area contributed by atoms with Crippen molar-refractivity contribution in [3.8, 4) is 0 Å². The quantitative estimate of drug-likeness (QED) is 0.779. The van der Waals surface area contributed by atoms with E-state index in [0.717, 1.165) is 17.7 Å². The summed E-state index contributed by atoms with van der Waals surface area (Å²) in [5.41, 5.74) is 4.53. The second-order valence-corrected chi connectivity index (χ2v) is 6.35. The van der Waals surface area contributed by atoms with Crippen molar-refractivity contribution in [3.63, 3.8) is 0 Å². The highest BCUT2D eigenvalue weighted by molar-refractivity contribution is 9.10. The fourth-order valence-corrected chi connectivity index (χ4v) is 3.22. The smallest absolute Gasteiger partial charge is 0.238 e. The molecule has 20 heavy (non-hydrogen) atoms. The first-order valence-electron chi connectivity index (χ1n) is 6.75. The zero-order valence-corrected chi connectivity index (χ0v) is 12.9. The minimum absolute atomic E-state index is 0.0373. The van der Waals surface area contributed by atoms with Crippen LogP contribution in [0.25, 0.3) is 0 Å². The van der Waals surface area contributed by atoms with E-state index in [1.165, 1.54) is 11.1 Å². The molecule has 2 atom stereocenters. The molecule has 102 valence electrons. The van der Waals surface area contributed by atoms with E-state index in [1.807, 2.05) is 31.2 Å². The molecule has 2 nitrogen and oxygen atoms in total. The summed E-state index contributed by atoms with van der Waals surface area (Å²) in [6.07, 6.45) is 0.770. The number of fused-ring (bicyclic) bond motifs is 1.